The van der Waals surface area contributed by atoms with Crippen molar-refractivity contribution < 1.29 is 14.3 Å². The molecule has 5 rings (SSSR count). The van der Waals surface area contributed by atoms with Crippen molar-refractivity contribution in [1.82, 2.24) is 4.90 Å². The Kier molecular flexibility index (Phi) is 9.80. The predicted molar refractivity (Wildman–Crippen MR) is 162 cm³/mol. The molecule has 1 saturated heterocycles. The van der Waals surface area contributed by atoms with Gasteiger partial charge in [0.2, 0.25) is 0 Å². The van der Waals surface area contributed by atoms with Crippen LogP contribution in [0.3, 0.4) is 0 Å². The summed E-state index contributed by atoms with van der Waals surface area (Å²) in [7, 11) is 0. The summed E-state index contributed by atoms with van der Waals surface area (Å²) in [4.78, 5) is 21.6. The molecule has 0 bridgehead atoms. The van der Waals surface area contributed by atoms with Gasteiger partial charge in [-0.2, -0.15) is 0 Å². The standard InChI is InChI=1S/C31H36Cl2N2O3S/c1-2-37-27-18-22(17-26(33)29(27)38-20-21-13-15-23(32)16-14-21)19-28-30(36)35(25-11-7-4-8-12-25)31(39-28)34-24-9-5-3-6-10-24/h13-19,24-25H,2-12,20H2,1H3. The highest BCUT2D eigenvalue weighted by Gasteiger charge is 2.39. The number of aliphatic imine (C=N–C) groups is 1. The molecule has 0 aromatic heterocycles. The summed E-state index contributed by atoms with van der Waals surface area (Å²) in [6.07, 6.45) is 13.5. The molecule has 3 fully saturated rings. The minimum absolute atomic E-state index is 0.0543. The zero-order valence-electron chi connectivity index (χ0n) is 22.5. The molecule has 1 heterocycles. The fraction of sp³-hybridized carbons (Fsp3) is 0.484. The van der Waals surface area contributed by atoms with E-state index < -0.39 is 0 Å². The lowest BCUT2D eigenvalue weighted by atomic mass is 9.94. The molecule has 0 spiro atoms. The fourth-order valence-corrected chi connectivity index (χ4v) is 7.08. The highest BCUT2D eigenvalue weighted by Crippen LogP contribution is 2.41. The number of halogens is 2. The first-order valence-electron chi connectivity index (χ1n) is 14.2. The lowest BCUT2D eigenvalue weighted by molar-refractivity contribution is -0.124. The topological polar surface area (TPSA) is 51.1 Å². The lowest BCUT2D eigenvalue weighted by Crippen LogP contribution is -2.41. The van der Waals surface area contributed by atoms with Crippen molar-refractivity contribution in [2.45, 2.75) is 89.8 Å². The largest absolute Gasteiger partial charge is 0.490 e. The Morgan fingerprint density at radius 3 is 2.36 bits per heavy atom. The van der Waals surface area contributed by atoms with Crippen LogP contribution < -0.4 is 9.47 Å². The molecule has 2 aromatic rings. The van der Waals surface area contributed by atoms with E-state index in [1.807, 2.05) is 54.3 Å². The van der Waals surface area contributed by atoms with E-state index in [2.05, 4.69) is 0 Å². The first kappa shape index (κ1) is 28.4. The molecule has 1 amide bonds. The molecule has 2 saturated carbocycles. The summed E-state index contributed by atoms with van der Waals surface area (Å²) >= 11 is 14.2. The van der Waals surface area contributed by atoms with Gasteiger partial charge in [0.25, 0.3) is 5.91 Å². The maximum atomic E-state index is 13.8. The third-order valence-corrected chi connectivity index (χ3v) is 9.10. The second-order valence-corrected chi connectivity index (χ2v) is 12.3. The Balaban J connectivity index is 1.41. The Hall–Kier alpha value is -2.15. The molecule has 5 nitrogen and oxygen atoms in total. The van der Waals surface area contributed by atoms with Crippen LogP contribution in [-0.4, -0.2) is 34.7 Å². The van der Waals surface area contributed by atoms with Crippen molar-refractivity contribution >= 4 is 52.1 Å². The van der Waals surface area contributed by atoms with Crippen LogP contribution in [0.2, 0.25) is 10.0 Å². The van der Waals surface area contributed by atoms with Crippen LogP contribution in [0.25, 0.3) is 6.08 Å². The second-order valence-electron chi connectivity index (χ2n) is 10.5. The van der Waals surface area contributed by atoms with Crippen molar-refractivity contribution in [3.05, 3.63) is 62.5 Å². The molecule has 8 heteroatoms. The van der Waals surface area contributed by atoms with Gasteiger partial charge in [0.15, 0.2) is 16.7 Å². The molecular weight excluding hydrogens is 551 g/mol. The van der Waals surface area contributed by atoms with Gasteiger partial charge in [0, 0.05) is 11.1 Å². The lowest BCUT2D eigenvalue weighted by Gasteiger charge is -2.31. The zero-order chi connectivity index (χ0) is 27.2. The number of hydrogen-bond acceptors (Lipinski definition) is 5. The normalized spacial score (nSPS) is 21.2. The van der Waals surface area contributed by atoms with E-state index in [1.54, 1.807) is 0 Å². The Morgan fingerprint density at radius 2 is 1.67 bits per heavy atom. The number of ether oxygens (including phenoxy) is 2. The number of hydrogen-bond donors (Lipinski definition) is 0. The maximum absolute atomic E-state index is 13.8. The smallest absolute Gasteiger partial charge is 0.266 e. The predicted octanol–water partition coefficient (Wildman–Crippen LogP) is 8.91. The molecule has 3 aliphatic rings. The summed E-state index contributed by atoms with van der Waals surface area (Å²) in [6, 6.07) is 11.8. The number of rotatable bonds is 8. The fourth-order valence-electron chi connectivity index (χ4n) is 5.57. The van der Waals surface area contributed by atoms with Gasteiger partial charge in [-0.1, -0.05) is 73.9 Å². The highest BCUT2D eigenvalue weighted by molar-refractivity contribution is 8.18. The Bertz CT molecular complexity index is 1220. The monoisotopic (exact) mass is 586 g/mol. The van der Waals surface area contributed by atoms with Crippen LogP contribution in [0, 0.1) is 0 Å². The zero-order valence-corrected chi connectivity index (χ0v) is 24.8. The molecular formula is C31H36Cl2N2O3S. The van der Waals surface area contributed by atoms with Crippen LogP contribution >= 0.6 is 35.0 Å². The van der Waals surface area contributed by atoms with E-state index >= 15 is 0 Å². The molecule has 0 radical (unpaired) electrons. The van der Waals surface area contributed by atoms with Gasteiger partial charge in [0.1, 0.15) is 6.61 Å². The summed E-state index contributed by atoms with van der Waals surface area (Å²) in [6.45, 7) is 2.73. The molecule has 1 aliphatic heterocycles. The van der Waals surface area contributed by atoms with Crippen LogP contribution in [0.4, 0.5) is 0 Å². The third kappa shape index (κ3) is 7.14. The molecule has 0 N–H and O–H groups in total. The number of carbonyl (C=O) groups is 1. The molecule has 0 atom stereocenters. The summed E-state index contributed by atoms with van der Waals surface area (Å²) < 4.78 is 12.0. The van der Waals surface area contributed by atoms with Gasteiger partial charge >= 0.3 is 0 Å². The van der Waals surface area contributed by atoms with Crippen molar-refractivity contribution in [3.63, 3.8) is 0 Å². The van der Waals surface area contributed by atoms with Crippen molar-refractivity contribution in [3.8, 4) is 11.5 Å². The summed E-state index contributed by atoms with van der Waals surface area (Å²) in [5.41, 5.74) is 1.78. The highest BCUT2D eigenvalue weighted by atomic mass is 35.5. The minimum atomic E-state index is 0.0543. The van der Waals surface area contributed by atoms with Gasteiger partial charge in [-0.05, 0) is 85.8 Å². The average Bonchev–Trinajstić information content (AvgIpc) is 3.24. The molecule has 2 aromatic carbocycles. The quantitative estimate of drug-likeness (QED) is 0.290. The van der Waals surface area contributed by atoms with E-state index in [0.717, 1.165) is 42.0 Å². The third-order valence-electron chi connectivity index (χ3n) is 7.57. The van der Waals surface area contributed by atoms with Gasteiger partial charge in [-0.25, -0.2) is 0 Å². The van der Waals surface area contributed by atoms with Crippen LogP contribution in [0.15, 0.2) is 46.3 Å². The van der Waals surface area contributed by atoms with Gasteiger partial charge in [0.05, 0.1) is 22.6 Å². The molecule has 208 valence electrons. The van der Waals surface area contributed by atoms with Crippen LogP contribution in [0.1, 0.15) is 82.3 Å². The Morgan fingerprint density at radius 1 is 0.974 bits per heavy atom. The molecule has 39 heavy (non-hydrogen) atoms. The van der Waals surface area contributed by atoms with E-state index in [9.17, 15) is 4.79 Å². The summed E-state index contributed by atoms with van der Waals surface area (Å²) in [5.74, 6) is 1.10. The van der Waals surface area contributed by atoms with E-state index in [0.29, 0.717) is 45.7 Å². The van der Waals surface area contributed by atoms with Crippen molar-refractivity contribution in [1.29, 1.82) is 0 Å². The number of thioether (sulfide) groups is 1. The van der Waals surface area contributed by atoms with Crippen molar-refractivity contribution in [2.24, 2.45) is 4.99 Å². The van der Waals surface area contributed by atoms with Gasteiger partial charge in [-0.3, -0.25) is 14.7 Å². The minimum Gasteiger partial charge on any atom is -0.490 e. The Labute approximate surface area is 245 Å². The summed E-state index contributed by atoms with van der Waals surface area (Å²) in [5, 5.41) is 2.00. The van der Waals surface area contributed by atoms with Crippen LogP contribution in [0.5, 0.6) is 11.5 Å². The van der Waals surface area contributed by atoms with E-state index in [4.69, 9.17) is 37.7 Å². The van der Waals surface area contributed by atoms with Crippen LogP contribution in [-0.2, 0) is 11.4 Å². The van der Waals surface area contributed by atoms with Gasteiger partial charge < -0.3 is 9.47 Å². The second kappa shape index (κ2) is 13.5. The van der Waals surface area contributed by atoms with E-state index in [-0.39, 0.29) is 11.9 Å². The number of amides is 1. The van der Waals surface area contributed by atoms with E-state index in [1.165, 1.54) is 50.3 Å². The maximum Gasteiger partial charge on any atom is 0.266 e. The van der Waals surface area contributed by atoms with Crippen molar-refractivity contribution in [2.75, 3.05) is 6.61 Å². The molecule has 0 unspecified atom stereocenters. The number of benzene rings is 2. The number of nitrogens with zero attached hydrogens (tertiary/aromatic N) is 2. The first-order valence-corrected chi connectivity index (χ1v) is 15.7. The average molecular weight is 588 g/mol. The SMILES string of the molecule is CCOc1cc(C=C2SC(=NC3CCCCC3)N(C3CCCCC3)C2=O)cc(Cl)c1OCc1ccc(Cl)cc1. The number of amidine groups is 1. The number of carbonyl (C=O) groups excluding carboxylic acids is 1. The first-order chi connectivity index (χ1) is 19.0. The molecule has 2 aliphatic carbocycles. The van der Waals surface area contributed by atoms with Gasteiger partial charge in [-0.15, -0.1) is 0 Å².